The maximum Gasteiger partial charge on any atom is 0.273 e. The van der Waals surface area contributed by atoms with Gasteiger partial charge in [0.2, 0.25) is 11.7 Å². The van der Waals surface area contributed by atoms with Crippen molar-refractivity contribution in [2.24, 2.45) is 0 Å². The van der Waals surface area contributed by atoms with Crippen molar-refractivity contribution in [2.75, 3.05) is 6.54 Å². The first-order chi connectivity index (χ1) is 13.0. The molecule has 2 aromatic carbocycles. The third kappa shape index (κ3) is 4.00. The van der Waals surface area contributed by atoms with Gasteiger partial charge in [-0.25, -0.2) is 0 Å². The van der Waals surface area contributed by atoms with Crippen LogP contribution in [0.3, 0.4) is 0 Å². The summed E-state index contributed by atoms with van der Waals surface area (Å²) in [6, 6.07) is 13.8. The topological polar surface area (TPSA) is 102 Å². The van der Waals surface area contributed by atoms with Crippen LogP contribution in [0.1, 0.15) is 28.7 Å². The highest BCUT2D eigenvalue weighted by Crippen LogP contribution is 2.21. The van der Waals surface area contributed by atoms with Crippen molar-refractivity contribution >= 4 is 11.6 Å². The van der Waals surface area contributed by atoms with Crippen molar-refractivity contribution in [3.8, 4) is 11.4 Å². The zero-order valence-electron chi connectivity index (χ0n) is 15.0. The predicted octanol–water partition coefficient (Wildman–Crippen LogP) is 3.62. The number of hydrogen-bond donors (Lipinski definition) is 0. The average Bonchev–Trinajstić information content (AvgIpc) is 3.15. The third-order valence-corrected chi connectivity index (χ3v) is 4.15. The monoisotopic (exact) mass is 366 g/mol. The van der Waals surface area contributed by atoms with Gasteiger partial charge in [0, 0.05) is 29.3 Å². The van der Waals surface area contributed by atoms with Gasteiger partial charge in [-0.05, 0) is 19.9 Å². The molecule has 1 amide bonds. The number of aryl methyl sites for hydroxylation is 1. The first-order valence-corrected chi connectivity index (χ1v) is 8.42. The van der Waals surface area contributed by atoms with Gasteiger partial charge in [0.15, 0.2) is 0 Å². The number of nitrogens with zero attached hydrogens (tertiary/aromatic N) is 4. The fraction of sp³-hybridized carbons (Fsp3) is 0.211. The highest BCUT2D eigenvalue weighted by atomic mass is 16.6. The first kappa shape index (κ1) is 18.2. The van der Waals surface area contributed by atoms with Crippen LogP contribution in [0, 0.1) is 17.0 Å². The van der Waals surface area contributed by atoms with Crippen LogP contribution in [-0.2, 0) is 6.54 Å². The molecule has 0 radical (unpaired) electrons. The Bertz CT molecular complexity index is 969. The van der Waals surface area contributed by atoms with E-state index in [2.05, 4.69) is 10.1 Å². The molecule has 0 atom stereocenters. The Morgan fingerprint density at radius 2 is 1.96 bits per heavy atom. The minimum absolute atomic E-state index is 0.0824. The van der Waals surface area contributed by atoms with E-state index in [0.717, 1.165) is 5.56 Å². The summed E-state index contributed by atoms with van der Waals surface area (Å²) in [4.78, 5) is 29.2. The van der Waals surface area contributed by atoms with Crippen LogP contribution in [0.25, 0.3) is 11.4 Å². The second-order valence-corrected chi connectivity index (χ2v) is 5.96. The van der Waals surface area contributed by atoms with Crippen molar-refractivity contribution in [2.45, 2.75) is 20.4 Å². The summed E-state index contributed by atoms with van der Waals surface area (Å²) in [6.45, 7) is 3.96. The lowest BCUT2D eigenvalue weighted by Gasteiger charge is -2.18. The van der Waals surface area contributed by atoms with Gasteiger partial charge in [-0.1, -0.05) is 41.6 Å². The molecule has 3 aromatic rings. The van der Waals surface area contributed by atoms with E-state index in [4.69, 9.17) is 4.52 Å². The van der Waals surface area contributed by atoms with Crippen molar-refractivity contribution in [3.05, 3.63) is 75.7 Å². The summed E-state index contributed by atoms with van der Waals surface area (Å²) in [5.74, 6) is 0.408. The van der Waals surface area contributed by atoms with E-state index < -0.39 is 4.92 Å². The van der Waals surface area contributed by atoms with Gasteiger partial charge in [-0.3, -0.25) is 14.9 Å². The van der Waals surface area contributed by atoms with Gasteiger partial charge in [-0.15, -0.1) is 0 Å². The number of carbonyl (C=O) groups is 1. The molecule has 0 N–H and O–H groups in total. The highest BCUT2D eigenvalue weighted by molar-refractivity contribution is 5.95. The molecule has 0 bridgehead atoms. The lowest BCUT2D eigenvalue weighted by molar-refractivity contribution is -0.385. The Kier molecular flexibility index (Phi) is 5.25. The molecule has 8 heteroatoms. The summed E-state index contributed by atoms with van der Waals surface area (Å²) in [7, 11) is 0. The van der Waals surface area contributed by atoms with Crippen LogP contribution in [-0.4, -0.2) is 32.4 Å². The standard InChI is InChI=1S/C19H18N4O4/c1-3-22(19(24)15-10-9-13(2)16(11-15)23(25)26)12-17-20-18(21-27-17)14-7-5-4-6-8-14/h4-11H,3,12H2,1-2H3. The lowest BCUT2D eigenvalue weighted by Crippen LogP contribution is -2.30. The van der Waals surface area contributed by atoms with Crippen LogP contribution in [0.5, 0.6) is 0 Å². The molecule has 0 saturated heterocycles. The molecule has 27 heavy (non-hydrogen) atoms. The summed E-state index contributed by atoms with van der Waals surface area (Å²) in [5, 5.41) is 15.1. The molecule has 8 nitrogen and oxygen atoms in total. The van der Waals surface area contributed by atoms with Crippen LogP contribution in [0.4, 0.5) is 5.69 Å². The lowest BCUT2D eigenvalue weighted by atomic mass is 10.1. The van der Waals surface area contributed by atoms with Gasteiger partial charge in [0.1, 0.15) is 6.54 Å². The first-order valence-electron chi connectivity index (χ1n) is 8.42. The summed E-state index contributed by atoms with van der Waals surface area (Å²) in [5.41, 5.74) is 1.48. The number of amides is 1. The maximum atomic E-state index is 12.8. The number of nitro groups is 1. The largest absolute Gasteiger partial charge is 0.337 e. The van der Waals surface area contributed by atoms with E-state index in [1.165, 1.54) is 11.0 Å². The quantitative estimate of drug-likeness (QED) is 0.488. The molecule has 0 aliphatic rings. The van der Waals surface area contributed by atoms with Gasteiger partial charge < -0.3 is 9.42 Å². The molecule has 0 fully saturated rings. The summed E-state index contributed by atoms with van der Waals surface area (Å²) >= 11 is 0. The minimum Gasteiger partial charge on any atom is -0.337 e. The number of nitro benzene ring substituents is 1. The Morgan fingerprint density at radius 1 is 1.22 bits per heavy atom. The Hall–Kier alpha value is -3.55. The molecule has 0 aliphatic carbocycles. The molecule has 0 spiro atoms. The van der Waals surface area contributed by atoms with Gasteiger partial charge in [0.25, 0.3) is 11.6 Å². The molecule has 3 rings (SSSR count). The van der Waals surface area contributed by atoms with E-state index in [-0.39, 0.29) is 23.7 Å². The van der Waals surface area contributed by atoms with Crippen LogP contribution in [0.2, 0.25) is 0 Å². The molecule has 1 heterocycles. The van der Waals surface area contributed by atoms with Crippen molar-refractivity contribution in [1.82, 2.24) is 15.0 Å². The summed E-state index contributed by atoms with van der Waals surface area (Å²) < 4.78 is 5.26. The zero-order valence-corrected chi connectivity index (χ0v) is 15.0. The van der Waals surface area contributed by atoms with E-state index in [0.29, 0.717) is 23.8 Å². The minimum atomic E-state index is -0.494. The smallest absolute Gasteiger partial charge is 0.273 e. The van der Waals surface area contributed by atoms with Crippen LogP contribution in [0.15, 0.2) is 53.1 Å². The molecule has 1 aromatic heterocycles. The number of carbonyl (C=O) groups excluding carboxylic acids is 1. The maximum absolute atomic E-state index is 12.8. The number of rotatable bonds is 6. The van der Waals surface area contributed by atoms with Crippen molar-refractivity contribution in [1.29, 1.82) is 0 Å². The average molecular weight is 366 g/mol. The van der Waals surface area contributed by atoms with E-state index >= 15 is 0 Å². The number of aromatic nitrogens is 2. The number of benzene rings is 2. The fourth-order valence-electron chi connectivity index (χ4n) is 2.64. The highest BCUT2D eigenvalue weighted by Gasteiger charge is 2.21. The van der Waals surface area contributed by atoms with Gasteiger partial charge in [0.05, 0.1) is 4.92 Å². The second kappa shape index (κ2) is 7.77. The summed E-state index contributed by atoms with van der Waals surface area (Å²) in [6.07, 6.45) is 0. The molecule has 0 saturated carbocycles. The van der Waals surface area contributed by atoms with Gasteiger partial charge >= 0.3 is 0 Å². The second-order valence-electron chi connectivity index (χ2n) is 5.96. The molecular weight excluding hydrogens is 348 g/mol. The third-order valence-electron chi connectivity index (χ3n) is 4.15. The predicted molar refractivity (Wildman–Crippen MR) is 98.0 cm³/mol. The van der Waals surface area contributed by atoms with Crippen molar-refractivity contribution < 1.29 is 14.2 Å². The van der Waals surface area contributed by atoms with E-state index in [9.17, 15) is 14.9 Å². The van der Waals surface area contributed by atoms with Crippen LogP contribution < -0.4 is 0 Å². The molecule has 0 unspecified atom stereocenters. The molecule has 138 valence electrons. The number of hydrogen-bond acceptors (Lipinski definition) is 6. The van der Waals surface area contributed by atoms with Crippen molar-refractivity contribution in [3.63, 3.8) is 0 Å². The molecular formula is C19H18N4O4. The Labute approximate surface area is 155 Å². The SMILES string of the molecule is CCN(Cc1nc(-c2ccccc2)no1)C(=O)c1ccc(C)c([N+](=O)[O-])c1. The van der Waals surface area contributed by atoms with Crippen LogP contribution >= 0.6 is 0 Å². The Balaban J connectivity index is 1.80. The van der Waals surface area contributed by atoms with E-state index in [1.54, 1.807) is 19.1 Å². The normalized spacial score (nSPS) is 10.6. The molecule has 0 aliphatic heterocycles. The van der Waals surface area contributed by atoms with Gasteiger partial charge in [-0.2, -0.15) is 4.98 Å². The zero-order chi connectivity index (χ0) is 19.4. The van der Waals surface area contributed by atoms with E-state index in [1.807, 2.05) is 37.3 Å². The Morgan fingerprint density at radius 3 is 2.63 bits per heavy atom. The fourth-order valence-corrected chi connectivity index (χ4v) is 2.64.